The maximum Gasteiger partial charge on any atom is 0.236 e. The van der Waals surface area contributed by atoms with Gasteiger partial charge >= 0.3 is 0 Å². The van der Waals surface area contributed by atoms with E-state index in [1.165, 1.54) is 12.1 Å². The van der Waals surface area contributed by atoms with Gasteiger partial charge in [-0.15, -0.1) is 0 Å². The molecular weight excluding hydrogens is 367 g/mol. The minimum atomic E-state index is -0.659. The van der Waals surface area contributed by atoms with Gasteiger partial charge < -0.3 is 19.3 Å². The number of hydrogen-bond acceptors (Lipinski definition) is 6. The van der Waals surface area contributed by atoms with Crippen LogP contribution in [-0.4, -0.2) is 104 Å². The molecule has 3 heterocycles. The highest BCUT2D eigenvalue weighted by Gasteiger charge is 2.41. The molecule has 1 aromatic rings. The zero-order valence-corrected chi connectivity index (χ0v) is 16.4. The molecule has 8 nitrogen and oxygen atoms in total. The van der Waals surface area contributed by atoms with Crippen molar-refractivity contribution in [3.05, 3.63) is 29.8 Å². The highest BCUT2D eigenvalue weighted by Crippen LogP contribution is 2.23. The fourth-order valence-electron chi connectivity index (χ4n) is 3.47. The molecule has 0 aromatic carbocycles. The van der Waals surface area contributed by atoms with Crippen molar-refractivity contribution in [2.75, 3.05) is 66.6 Å². The number of ether oxygens (including phenoxy) is 2. The maximum atomic E-state index is 13.0. The lowest BCUT2D eigenvalue weighted by atomic mass is 10.0. The summed E-state index contributed by atoms with van der Waals surface area (Å²) in [4.78, 5) is 34.1. The first kappa shape index (κ1) is 20.6. The Bertz CT molecular complexity index is 700. The van der Waals surface area contributed by atoms with Gasteiger partial charge in [0, 0.05) is 39.4 Å². The number of hydrogen-bond donors (Lipinski definition) is 0. The monoisotopic (exact) mass is 394 g/mol. The summed E-state index contributed by atoms with van der Waals surface area (Å²) < 4.78 is 24.8. The summed E-state index contributed by atoms with van der Waals surface area (Å²) in [6.07, 6.45) is 1.22. The fraction of sp³-hybridized carbons (Fsp3) is 0.632. The quantitative estimate of drug-likeness (QED) is 0.703. The highest BCUT2D eigenvalue weighted by molar-refractivity contribution is 5.78. The van der Waals surface area contributed by atoms with Crippen molar-refractivity contribution >= 4 is 11.8 Å². The summed E-state index contributed by atoms with van der Waals surface area (Å²) in [5.41, 5.74) is -0.130. The van der Waals surface area contributed by atoms with E-state index in [1.807, 2.05) is 4.90 Å². The standard InChI is InChI=1S/C19H27FN4O4/c1-22(2)18(26)11-23-5-7-27-14-19(12-23)13-24(6-8-28-19)17(25)9-16-4-3-15(20)10-21-16/h3-4,10H,5-9,11-14H2,1-2H3/t19-/m0/s1. The van der Waals surface area contributed by atoms with Crippen LogP contribution < -0.4 is 0 Å². The van der Waals surface area contributed by atoms with Crippen molar-refractivity contribution in [1.29, 1.82) is 0 Å². The predicted octanol–water partition coefficient (Wildman–Crippen LogP) is -0.219. The van der Waals surface area contributed by atoms with E-state index >= 15 is 0 Å². The molecule has 9 heteroatoms. The molecule has 2 fully saturated rings. The van der Waals surface area contributed by atoms with Crippen molar-refractivity contribution in [2.45, 2.75) is 12.0 Å². The number of halogens is 1. The summed E-state index contributed by atoms with van der Waals surface area (Å²) in [6.45, 7) is 3.61. The number of nitrogens with zero attached hydrogens (tertiary/aromatic N) is 4. The van der Waals surface area contributed by atoms with E-state index in [-0.39, 0.29) is 24.8 Å². The third-order valence-corrected chi connectivity index (χ3v) is 5.01. The van der Waals surface area contributed by atoms with Crippen LogP contribution in [0.25, 0.3) is 0 Å². The number of rotatable bonds is 4. The molecule has 0 bridgehead atoms. The second-order valence-electron chi connectivity index (χ2n) is 7.54. The van der Waals surface area contributed by atoms with Crippen LogP contribution in [0.1, 0.15) is 5.69 Å². The Morgan fingerprint density at radius 3 is 2.79 bits per heavy atom. The predicted molar refractivity (Wildman–Crippen MR) is 99.1 cm³/mol. The van der Waals surface area contributed by atoms with Crippen LogP contribution in [0, 0.1) is 5.82 Å². The van der Waals surface area contributed by atoms with E-state index in [2.05, 4.69) is 4.98 Å². The molecule has 0 saturated carbocycles. The van der Waals surface area contributed by atoms with Gasteiger partial charge in [0.2, 0.25) is 11.8 Å². The van der Waals surface area contributed by atoms with E-state index in [1.54, 1.807) is 23.9 Å². The van der Waals surface area contributed by atoms with Crippen LogP contribution in [0.5, 0.6) is 0 Å². The van der Waals surface area contributed by atoms with Crippen molar-refractivity contribution in [3.63, 3.8) is 0 Å². The van der Waals surface area contributed by atoms with Gasteiger partial charge in [-0.05, 0) is 12.1 Å². The lowest BCUT2D eigenvalue weighted by molar-refractivity contribution is -0.161. The van der Waals surface area contributed by atoms with Gasteiger partial charge in [-0.1, -0.05) is 0 Å². The molecular formula is C19H27FN4O4. The fourth-order valence-corrected chi connectivity index (χ4v) is 3.47. The summed E-state index contributed by atoms with van der Waals surface area (Å²) in [5.74, 6) is -0.491. The Morgan fingerprint density at radius 1 is 1.25 bits per heavy atom. The van der Waals surface area contributed by atoms with Crippen LogP contribution >= 0.6 is 0 Å². The zero-order chi connectivity index (χ0) is 20.1. The highest BCUT2D eigenvalue weighted by atomic mass is 19.1. The van der Waals surface area contributed by atoms with Crippen LogP contribution in [0.2, 0.25) is 0 Å². The number of amides is 2. The average molecular weight is 394 g/mol. The van der Waals surface area contributed by atoms with Crippen LogP contribution in [0.4, 0.5) is 4.39 Å². The summed E-state index contributed by atoms with van der Waals surface area (Å²) >= 11 is 0. The van der Waals surface area contributed by atoms with Crippen molar-refractivity contribution < 1.29 is 23.5 Å². The van der Waals surface area contributed by atoms with Crippen molar-refractivity contribution in [3.8, 4) is 0 Å². The number of carbonyl (C=O) groups is 2. The van der Waals surface area contributed by atoms with E-state index in [4.69, 9.17) is 9.47 Å². The number of morpholine rings is 1. The zero-order valence-electron chi connectivity index (χ0n) is 16.4. The summed E-state index contributed by atoms with van der Waals surface area (Å²) in [7, 11) is 3.46. The summed E-state index contributed by atoms with van der Waals surface area (Å²) in [6, 6.07) is 2.82. The van der Waals surface area contributed by atoms with Gasteiger partial charge in [0.05, 0.1) is 45.5 Å². The lowest BCUT2D eigenvalue weighted by Gasteiger charge is -2.43. The molecule has 3 rings (SSSR count). The SMILES string of the molecule is CN(C)C(=O)CN1CCOC[C@]2(C1)CN(C(=O)Cc1ccc(F)cn1)CCO2. The Labute approximate surface area is 164 Å². The van der Waals surface area contributed by atoms with Gasteiger partial charge in [0.25, 0.3) is 0 Å². The maximum absolute atomic E-state index is 13.0. The Kier molecular flexibility index (Phi) is 6.58. The number of aromatic nitrogens is 1. The average Bonchev–Trinajstić information content (AvgIpc) is 2.85. The Morgan fingerprint density at radius 2 is 2.07 bits per heavy atom. The van der Waals surface area contributed by atoms with Crippen LogP contribution in [0.15, 0.2) is 18.3 Å². The van der Waals surface area contributed by atoms with Gasteiger partial charge in [-0.2, -0.15) is 0 Å². The minimum Gasteiger partial charge on any atom is -0.377 e. The van der Waals surface area contributed by atoms with Gasteiger partial charge in [0.15, 0.2) is 0 Å². The molecule has 0 aliphatic carbocycles. The smallest absolute Gasteiger partial charge is 0.236 e. The molecule has 1 aromatic heterocycles. The first-order chi connectivity index (χ1) is 13.4. The first-order valence-electron chi connectivity index (χ1n) is 9.39. The second-order valence-corrected chi connectivity index (χ2v) is 7.54. The Balaban J connectivity index is 1.65. The molecule has 28 heavy (non-hydrogen) atoms. The van der Waals surface area contributed by atoms with E-state index in [0.717, 1.165) is 6.20 Å². The van der Waals surface area contributed by atoms with E-state index < -0.39 is 11.4 Å². The van der Waals surface area contributed by atoms with Gasteiger partial charge in [-0.3, -0.25) is 19.5 Å². The van der Waals surface area contributed by atoms with E-state index in [9.17, 15) is 14.0 Å². The normalized spacial score (nSPS) is 23.5. The molecule has 2 aliphatic heterocycles. The molecule has 0 N–H and O–H groups in total. The first-order valence-corrected chi connectivity index (χ1v) is 9.39. The topological polar surface area (TPSA) is 75.2 Å². The molecule has 1 spiro atoms. The second kappa shape index (κ2) is 8.93. The molecule has 2 aliphatic rings. The van der Waals surface area contributed by atoms with Gasteiger partial charge in [0.1, 0.15) is 11.4 Å². The largest absolute Gasteiger partial charge is 0.377 e. The lowest BCUT2D eigenvalue weighted by Crippen LogP contribution is -2.60. The molecule has 0 unspecified atom stereocenters. The van der Waals surface area contributed by atoms with E-state index in [0.29, 0.717) is 51.7 Å². The molecule has 0 radical (unpaired) electrons. The summed E-state index contributed by atoms with van der Waals surface area (Å²) in [5, 5.41) is 0. The molecule has 2 amide bonds. The third kappa shape index (κ3) is 5.24. The molecule has 1 atom stereocenters. The number of carbonyl (C=O) groups excluding carboxylic acids is 2. The van der Waals surface area contributed by atoms with Crippen LogP contribution in [0.3, 0.4) is 0 Å². The minimum absolute atomic E-state index is 0.0168. The molecule has 2 saturated heterocycles. The number of likely N-dealkylation sites (N-methyl/N-ethyl adjacent to an activating group) is 1. The van der Waals surface area contributed by atoms with Crippen molar-refractivity contribution in [1.82, 2.24) is 19.7 Å². The Hall–Kier alpha value is -2.10. The van der Waals surface area contributed by atoms with Crippen LogP contribution in [-0.2, 0) is 25.5 Å². The third-order valence-electron chi connectivity index (χ3n) is 5.01. The molecule has 154 valence electrons. The number of pyridine rings is 1. The van der Waals surface area contributed by atoms with Gasteiger partial charge in [-0.25, -0.2) is 4.39 Å². The van der Waals surface area contributed by atoms with Crippen molar-refractivity contribution in [2.24, 2.45) is 0 Å².